The van der Waals surface area contributed by atoms with Crippen molar-refractivity contribution in [2.75, 3.05) is 60.5 Å². The lowest BCUT2D eigenvalue weighted by Gasteiger charge is -2.36. The van der Waals surface area contributed by atoms with Gasteiger partial charge in [-0.15, -0.1) is 0 Å². The third-order valence-corrected chi connectivity index (χ3v) is 9.15. The fraction of sp³-hybridized carbons (Fsp3) is 0.333. The van der Waals surface area contributed by atoms with Gasteiger partial charge in [-0.25, -0.2) is 33.1 Å². The number of hydrogen-bond donors (Lipinski definition) is 4. The van der Waals surface area contributed by atoms with Crippen LogP contribution in [0.1, 0.15) is 70.6 Å². The van der Waals surface area contributed by atoms with Crippen molar-refractivity contribution in [3.8, 4) is 0 Å². The molecular weight excluding hydrogens is 754 g/mol. The van der Waals surface area contributed by atoms with Gasteiger partial charge in [0.05, 0.1) is 11.1 Å². The van der Waals surface area contributed by atoms with Crippen molar-refractivity contribution < 1.29 is 43.1 Å². The monoisotopic (exact) mass is 806 g/mol. The number of ketones is 2. The number of alkyl halides is 4. The van der Waals surface area contributed by atoms with E-state index in [1.165, 1.54) is 53.7 Å². The Labute approximate surface area is 332 Å². The van der Waals surface area contributed by atoms with Gasteiger partial charge in [0.25, 0.3) is 0 Å². The summed E-state index contributed by atoms with van der Waals surface area (Å²) < 4.78 is 81.0. The third kappa shape index (κ3) is 10.5. The van der Waals surface area contributed by atoms with Crippen LogP contribution in [0.25, 0.3) is 11.7 Å². The Kier molecular flexibility index (Phi) is 13.0. The summed E-state index contributed by atoms with van der Waals surface area (Å²) in [5.41, 5.74) is 9.89. The van der Waals surface area contributed by atoms with Crippen LogP contribution in [-0.2, 0) is 0 Å². The molecular formula is C39H52F6N10O2. The normalized spacial score (nSPS) is 17.3. The topological polar surface area (TPSA) is 168 Å². The first-order chi connectivity index (χ1) is 26.8. The number of rotatable bonds is 10. The van der Waals surface area contributed by atoms with Crippen molar-refractivity contribution in [1.82, 2.24) is 30.6 Å². The number of nitrogen functional groups attached to an aromatic ring is 2. The summed E-state index contributed by atoms with van der Waals surface area (Å²) in [5, 5.41) is 5.70. The van der Waals surface area contributed by atoms with Crippen molar-refractivity contribution in [2.24, 2.45) is 0 Å². The first-order valence-corrected chi connectivity index (χ1v) is 17.8. The minimum absolute atomic E-state index is 0. The number of pyridine rings is 4. The Balaban J connectivity index is 0.00000111. The minimum Gasteiger partial charge on any atom is -0.383 e. The van der Waals surface area contributed by atoms with Crippen LogP contribution < -0.4 is 31.9 Å². The smallest absolute Gasteiger partial charge is 0.383 e. The lowest BCUT2D eigenvalue weighted by atomic mass is 9.99. The highest BCUT2D eigenvalue weighted by molar-refractivity contribution is 6.13. The molecule has 12 nitrogen and oxygen atoms in total. The van der Waals surface area contributed by atoms with Crippen LogP contribution in [0.4, 0.5) is 49.6 Å². The zero-order chi connectivity index (χ0) is 41.7. The molecule has 4 aromatic rings. The van der Waals surface area contributed by atoms with Crippen molar-refractivity contribution >= 4 is 46.5 Å². The van der Waals surface area contributed by atoms with Gasteiger partial charge in [0.1, 0.15) is 58.0 Å². The fourth-order valence-corrected chi connectivity index (χ4v) is 6.44. The van der Waals surface area contributed by atoms with Crippen LogP contribution in [0.5, 0.6) is 0 Å². The van der Waals surface area contributed by atoms with Crippen LogP contribution >= 0.6 is 0 Å². The highest BCUT2D eigenvalue weighted by atomic mass is 19.4. The average Bonchev–Trinajstić information content (AvgIpc) is 3.16. The SMILES string of the molecule is C=C(F)c1ccc(N2CCNC(C(F)(F)F)C2)nc1C(=O)c1cccnc1N.C=C(F)c1ccc(N2CCNC(CC(C)(C)F)C2)nc1C(=O)c1cccnc1N.[HH].[HH].[HH].[HH].[HH]. The molecule has 0 saturated carbocycles. The van der Waals surface area contributed by atoms with Crippen molar-refractivity contribution in [3.05, 3.63) is 108 Å². The number of hydrogen-bond acceptors (Lipinski definition) is 12. The van der Waals surface area contributed by atoms with Gasteiger partial charge in [-0.2, -0.15) is 13.2 Å². The van der Waals surface area contributed by atoms with Gasteiger partial charge in [-0.1, -0.05) is 13.2 Å². The van der Waals surface area contributed by atoms with Gasteiger partial charge >= 0.3 is 6.18 Å². The molecule has 0 bridgehead atoms. The number of anilines is 4. The number of carbonyl (C=O) groups excluding carboxylic acids is 2. The van der Waals surface area contributed by atoms with Crippen molar-refractivity contribution in [2.45, 2.75) is 44.2 Å². The summed E-state index contributed by atoms with van der Waals surface area (Å²) in [6.45, 7) is 11.4. The van der Waals surface area contributed by atoms with Gasteiger partial charge in [0.2, 0.25) is 11.6 Å². The summed E-state index contributed by atoms with van der Waals surface area (Å²) >= 11 is 0. The minimum atomic E-state index is -4.42. The summed E-state index contributed by atoms with van der Waals surface area (Å²) in [6.07, 6.45) is -1.21. The lowest BCUT2D eigenvalue weighted by Crippen LogP contribution is -2.57. The number of carbonyl (C=O) groups is 2. The summed E-state index contributed by atoms with van der Waals surface area (Å²) in [4.78, 5) is 45.5. The molecule has 6 rings (SSSR count). The molecule has 0 aromatic carbocycles. The lowest BCUT2D eigenvalue weighted by molar-refractivity contribution is -0.155. The van der Waals surface area contributed by atoms with Crippen LogP contribution in [0.3, 0.4) is 0 Å². The maximum Gasteiger partial charge on any atom is 0.405 e. The molecule has 18 heteroatoms. The zero-order valence-corrected chi connectivity index (χ0v) is 31.2. The second-order valence-corrected chi connectivity index (χ2v) is 14.0. The molecule has 2 aliphatic heterocycles. The first-order valence-electron chi connectivity index (χ1n) is 17.8. The van der Waals surface area contributed by atoms with Crippen molar-refractivity contribution in [1.29, 1.82) is 0 Å². The highest BCUT2D eigenvalue weighted by Gasteiger charge is 2.42. The second kappa shape index (κ2) is 17.5. The van der Waals surface area contributed by atoms with Gasteiger partial charge in [-0.3, -0.25) is 9.59 Å². The quantitative estimate of drug-likeness (QED) is 0.0964. The Morgan fingerprint density at radius 3 is 1.63 bits per heavy atom. The number of aromatic nitrogens is 4. The largest absolute Gasteiger partial charge is 0.405 e. The number of piperazine rings is 2. The standard InChI is InChI=1S/C21H25F2N5O.C18H17F4N5O.5H2/c1-13(22)15-6-7-17(28-10-9-25-14(12-28)11-21(2,3)23)27-18(15)19(29)16-5-4-8-26-20(16)24;1-10(19)11-4-5-14(27-8-7-24-13(9-27)18(20,21)22)26-15(11)16(28)12-3-2-6-25-17(12)23;;;;;/h4-8,14,25H,1,9-12H2,2-3H3,(H2,24,26);2-6,13,24H,1,7-9H2,(H2,23,25);5*1H. The van der Waals surface area contributed by atoms with E-state index in [4.69, 9.17) is 11.5 Å². The molecule has 2 aliphatic rings. The predicted molar refractivity (Wildman–Crippen MR) is 217 cm³/mol. The van der Waals surface area contributed by atoms with E-state index in [0.717, 1.165) is 0 Å². The predicted octanol–water partition coefficient (Wildman–Crippen LogP) is 6.95. The number of nitrogens with two attached hydrogens (primary N) is 2. The Hall–Kier alpha value is -5.88. The van der Waals surface area contributed by atoms with E-state index < -0.39 is 41.1 Å². The molecule has 0 aliphatic carbocycles. The molecule has 2 unspecified atom stereocenters. The third-order valence-electron chi connectivity index (χ3n) is 9.15. The number of nitrogens with zero attached hydrogens (tertiary/aromatic N) is 6. The first kappa shape index (κ1) is 42.3. The Morgan fingerprint density at radius 2 is 1.21 bits per heavy atom. The van der Waals surface area contributed by atoms with E-state index >= 15 is 0 Å². The molecule has 312 valence electrons. The summed E-state index contributed by atoms with van der Waals surface area (Å²) in [7, 11) is 0. The average molecular weight is 807 g/mol. The van der Waals surface area contributed by atoms with Crippen LogP contribution in [-0.4, -0.2) is 94.7 Å². The van der Waals surface area contributed by atoms with E-state index in [1.807, 2.05) is 4.90 Å². The van der Waals surface area contributed by atoms with E-state index in [1.54, 1.807) is 26.0 Å². The van der Waals surface area contributed by atoms with Crippen LogP contribution in [0.2, 0.25) is 0 Å². The fourth-order valence-electron chi connectivity index (χ4n) is 6.44. The Bertz CT molecular complexity index is 2170. The van der Waals surface area contributed by atoms with Crippen LogP contribution in [0.15, 0.2) is 74.1 Å². The molecule has 2 fully saturated rings. The zero-order valence-electron chi connectivity index (χ0n) is 31.2. The molecule has 2 saturated heterocycles. The maximum absolute atomic E-state index is 14.1. The van der Waals surface area contributed by atoms with Crippen LogP contribution in [0, 0.1) is 0 Å². The molecule has 0 amide bonds. The van der Waals surface area contributed by atoms with Gasteiger partial charge in [0.15, 0.2) is 0 Å². The highest BCUT2D eigenvalue weighted by Crippen LogP contribution is 2.29. The van der Waals surface area contributed by atoms with E-state index in [2.05, 4.69) is 43.7 Å². The molecule has 6 N–H and O–H groups in total. The van der Waals surface area contributed by atoms with E-state index in [9.17, 15) is 35.9 Å². The Morgan fingerprint density at radius 1 is 0.754 bits per heavy atom. The summed E-state index contributed by atoms with van der Waals surface area (Å²) in [5.74, 6) is -2.23. The van der Waals surface area contributed by atoms with Gasteiger partial charge in [0, 0.05) is 76.0 Å². The van der Waals surface area contributed by atoms with Gasteiger partial charge in [-0.05, 0) is 68.8 Å². The second-order valence-electron chi connectivity index (χ2n) is 14.0. The molecule has 6 heterocycles. The number of nitrogens with one attached hydrogen (secondary N) is 2. The number of halogens is 6. The molecule has 0 radical (unpaired) electrons. The van der Waals surface area contributed by atoms with Crippen molar-refractivity contribution in [3.63, 3.8) is 0 Å². The van der Waals surface area contributed by atoms with E-state index in [-0.39, 0.29) is 83.9 Å². The molecule has 4 aromatic heterocycles. The summed E-state index contributed by atoms with van der Waals surface area (Å²) in [6, 6.07) is 9.98. The molecule has 0 spiro atoms. The van der Waals surface area contributed by atoms with E-state index in [0.29, 0.717) is 31.9 Å². The maximum atomic E-state index is 14.1. The molecule has 57 heavy (non-hydrogen) atoms. The van der Waals surface area contributed by atoms with Gasteiger partial charge < -0.3 is 31.9 Å². The molecule has 2 atom stereocenters.